The summed E-state index contributed by atoms with van der Waals surface area (Å²) in [5.74, 6) is 0.0603. The molecule has 18 heavy (non-hydrogen) atoms. The van der Waals surface area contributed by atoms with Crippen molar-refractivity contribution in [2.75, 3.05) is 20.1 Å². The Bertz CT molecular complexity index is 385. The normalized spacial score (nSPS) is 11.9. The standard InChI is InChI=1S/C13H19FN2O2/c1-3-11(8-16-13(17)9-15-2)18-12-6-4-5-10(14)7-12/h4-7,11,15H,3,8-9H2,1-2H3,(H,16,17). The zero-order chi connectivity index (χ0) is 13.4. The van der Waals surface area contributed by atoms with Crippen molar-refractivity contribution in [2.45, 2.75) is 19.4 Å². The van der Waals surface area contributed by atoms with E-state index in [2.05, 4.69) is 10.6 Å². The predicted octanol–water partition coefficient (Wildman–Crippen LogP) is 1.32. The van der Waals surface area contributed by atoms with Gasteiger partial charge < -0.3 is 15.4 Å². The monoisotopic (exact) mass is 254 g/mol. The van der Waals surface area contributed by atoms with E-state index < -0.39 is 0 Å². The van der Waals surface area contributed by atoms with Crippen molar-refractivity contribution in [1.82, 2.24) is 10.6 Å². The van der Waals surface area contributed by atoms with Crippen molar-refractivity contribution >= 4 is 5.91 Å². The second-order valence-electron chi connectivity index (χ2n) is 3.94. The van der Waals surface area contributed by atoms with E-state index in [1.807, 2.05) is 6.92 Å². The maximum Gasteiger partial charge on any atom is 0.234 e. The number of hydrogen-bond acceptors (Lipinski definition) is 3. The molecule has 5 heteroatoms. The van der Waals surface area contributed by atoms with Crippen LogP contribution in [0.1, 0.15) is 13.3 Å². The van der Waals surface area contributed by atoms with Crippen LogP contribution in [0.4, 0.5) is 4.39 Å². The third-order valence-electron chi connectivity index (χ3n) is 2.42. The summed E-state index contributed by atoms with van der Waals surface area (Å²) in [5.41, 5.74) is 0. The van der Waals surface area contributed by atoms with E-state index in [4.69, 9.17) is 4.74 Å². The lowest BCUT2D eigenvalue weighted by Gasteiger charge is -2.18. The molecule has 1 atom stereocenters. The van der Waals surface area contributed by atoms with Crippen LogP contribution in [-0.2, 0) is 4.79 Å². The molecule has 1 unspecified atom stereocenters. The second-order valence-corrected chi connectivity index (χ2v) is 3.94. The smallest absolute Gasteiger partial charge is 0.234 e. The molecule has 0 fully saturated rings. The molecule has 0 aliphatic heterocycles. The number of rotatable bonds is 7. The highest BCUT2D eigenvalue weighted by Gasteiger charge is 2.10. The van der Waals surface area contributed by atoms with E-state index in [1.165, 1.54) is 12.1 Å². The minimum Gasteiger partial charge on any atom is -0.489 e. The van der Waals surface area contributed by atoms with Gasteiger partial charge in [-0.1, -0.05) is 13.0 Å². The van der Waals surface area contributed by atoms with Gasteiger partial charge >= 0.3 is 0 Å². The largest absolute Gasteiger partial charge is 0.489 e. The molecule has 4 nitrogen and oxygen atoms in total. The van der Waals surface area contributed by atoms with E-state index >= 15 is 0 Å². The quantitative estimate of drug-likeness (QED) is 0.771. The zero-order valence-electron chi connectivity index (χ0n) is 10.7. The lowest BCUT2D eigenvalue weighted by Crippen LogP contribution is -2.39. The van der Waals surface area contributed by atoms with Crippen molar-refractivity contribution in [3.05, 3.63) is 30.1 Å². The molecule has 2 N–H and O–H groups in total. The first-order valence-electron chi connectivity index (χ1n) is 5.99. The molecule has 100 valence electrons. The lowest BCUT2D eigenvalue weighted by atomic mass is 10.2. The summed E-state index contributed by atoms with van der Waals surface area (Å²) in [6.07, 6.45) is 0.573. The highest BCUT2D eigenvalue weighted by Crippen LogP contribution is 2.14. The third kappa shape index (κ3) is 5.14. The van der Waals surface area contributed by atoms with E-state index in [0.717, 1.165) is 6.42 Å². The number of amides is 1. The SMILES string of the molecule is CCC(CNC(=O)CNC)Oc1cccc(F)c1. The van der Waals surface area contributed by atoms with Crippen molar-refractivity contribution < 1.29 is 13.9 Å². The average molecular weight is 254 g/mol. The minimum atomic E-state index is -0.332. The molecule has 0 spiro atoms. The molecule has 1 aromatic rings. The number of nitrogens with one attached hydrogen (secondary N) is 2. The van der Waals surface area contributed by atoms with Gasteiger partial charge in [-0.3, -0.25) is 4.79 Å². The highest BCUT2D eigenvalue weighted by molar-refractivity contribution is 5.77. The van der Waals surface area contributed by atoms with E-state index in [9.17, 15) is 9.18 Å². The van der Waals surface area contributed by atoms with Gasteiger partial charge in [0.15, 0.2) is 0 Å². The summed E-state index contributed by atoms with van der Waals surface area (Å²) in [7, 11) is 1.71. The van der Waals surface area contributed by atoms with Crippen LogP contribution in [0.3, 0.4) is 0 Å². The molecule has 0 aliphatic rings. The van der Waals surface area contributed by atoms with Crippen LogP contribution < -0.4 is 15.4 Å². The van der Waals surface area contributed by atoms with Gasteiger partial charge in [0.1, 0.15) is 17.7 Å². The molecule has 1 rings (SSSR count). The molecular formula is C13H19FN2O2. The van der Waals surface area contributed by atoms with E-state index in [0.29, 0.717) is 12.3 Å². The summed E-state index contributed by atoms with van der Waals surface area (Å²) < 4.78 is 18.6. The van der Waals surface area contributed by atoms with Gasteiger partial charge in [-0.25, -0.2) is 4.39 Å². The van der Waals surface area contributed by atoms with Gasteiger partial charge in [0.25, 0.3) is 0 Å². The topological polar surface area (TPSA) is 50.4 Å². The number of carbonyl (C=O) groups is 1. The Kier molecular flexibility index (Phi) is 6.14. The van der Waals surface area contributed by atoms with Crippen molar-refractivity contribution in [3.8, 4) is 5.75 Å². The number of ether oxygens (including phenoxy) is 1. The molecule has 0 bridgehead atoms. The summed E-state index contributed by atoms with van der Waals surface area (Å²) >= 11 is 0. The van der Waals surface area contributed by atoms with Crippen LogP contribution in [0.2, 0.25) is 0 Å². The highest BCUT2D eigenvalue weighted by atomic mass is 19.1. The second kappa shape index (κ2) is 7.66. The Labute approximate surface area is 107 Å². The zero-order valence-corrected chi connectivity index (χ0v) is 10.7. The van der Waals surface area contributed by atoms with Gasteiger partial charge in [0, 0.05) is 6.07 Å². The Balaban J connectivity index is 2.44. The van der Waals surface area contributed by atoms with Gasteiger partial charge in [0.05, 0.1) is 13.1 Å². The number of likely N-dealkylation sites (N-methyl/N-ethyl adjacent to an activating group) is 1. The third-order valence-corrected chi connectivity index (χ3v) is 2.42. The summed E-state index contributed by atoms with van der Waals surface area (Å²) in [5, 5.41) is 5.51. The maximum absolute atomic E-state index is 13.0. The molecule has 1 aromatic carbocycles. The summed E-state index contributed by atoms with van der Waals surface area (Å²) in [4.78, 5) is 11.3. The first-order valence-corrected chi connectivity index (χ1v) is 5.99. The van der Waals surface area contributed by atoms with Crippen LogP contribution in [0.5, 0.6) is 5.75 Å². The maximum atomic E-state index is 13.0. The van der Waals surface area contributed by atoms with Crippen molar-refractivity contribution in [2.24, 2.45) is 0 Å². The predicted molar refractivity (Wildman–Crippen MR) is 68.0 cm³/mol. The van der Waals surface area contributed by atoms with E-state index in [-0.39, 0.29) is 24.4 Å². The molecule has 0 saturated carbocycles. The van der Waals surface area contributed by atoms with Crippen LogP contribution in [0.25, 0.3) is 0 Å². The van der Waals surface area contributed by atoms with Gasteiger partial charge in [-0.15, -0.1) is 0 Å². The van der Waals surface area contributed by atoms with Gasteiger partial charge in [-0.2, -0.15) is 0 Å². The fourth-order valence-corrected chi connectivity index (χ4v) is 1.45. The van der Waals surface area contributed by atoms with Gasteiger partial charge in [0.2, 0.25) is 5.91 Å². The van der Waals surface area contributed by atoms with Crippen LogP contribution in [0, 0.1) is 5.82 Å². The van der Waals surface area contributed by atoms with Gasteiger partial charge in [-0.05, 0) is 25.6 Å². The van der Waals surface area contributed by atoms with Crippen molar-refractivity contribution in [3.63, 3.8) is 0 Å². The Morgan fingerprint density at radius 2 is 2.28 bits per heavy atom. The van der Waals surface area contributed by atoms with Crippen LogP contribution in [-0.4, -0.2) is 32.1 Å². The van der Waals surface area contributed by atoms with E-state index in [1.54, 1.807) is 19.2 Å². The fraction of sp³-hybridized carbons (Fsp3) is 0.462. The molecule has 1 amide bonds. The average Bonchev–Trinajstić information content (AvgIpc) is 2.35. The first-order chi connectivity index (χ1) is 8.65. The fourth-order valence-electron chi connectivity index (χ4n) is 1.45. The number of hydrogen-bond donors (Lipinski definition) is 2. The Morgan fingerprint density at radius 3 is 2.89 bits per heavy atom. The Hall–Kier alpha value is -1.62. The molecule has 0 radical (unpaired) electrons. The Morgan fingerprint density at radius 1 is 1.50 bits per heavy atom. The number of benzene rings is 1. The first kappa shape index (κ1) is 14.4. The molecule has 0 heterocycles. The van der Waals surface area contributed by atoms with Crippen molar-refractivity contribution in [1.29, 1.82) is 0 Å². The van der Waals surface area contributed by atoms with Crippen LogP contribution >= 0.6 is 0 Å². The lowest BCUT2D eigenvalue weighted by molar-refractivity contribution is -0.120. The molecule has 0 saturated heterocycles. The number of carbonyl (C=O) groups excluding carboxylic acids is 1. The summed E-state index contributed by atoms with van der Waals surface area (Å²) in [6.45, 7) is 2.64. The minimum absolute atomic E-state index is 0.0845. The van der Waals surface area contributed by atoms with Crippen LogP contribution in [0.15, 0.2) is 24.3 Å². The summed E-state index contributed by atoms with van der Waals surface area (Å²) in [6, 6.07) is 5.98. The molecule has 0 aliphatic carbocycles. The number of halogens is 1. The molecule has 0 aromatic heterocycles. The molecular weight excluding hydrogens is 235 g/mol.